The van der Waals surface area contributed by atoms with E-state index in [9.17, 15) is 0 Å². The van der Waals surface area contributed by atoms with Crippen LogP contribution in [0.1, 0.15) is 6.42 Å². The first-order valence-corrected chi connectivity index (χ1v) is 5.72. The molecule has 0 aliphatic rings. The molecule has 90 valence electrons. The molecule has 0 saturated heterocycles. The second-order valence-electron chi connectivity index (χ2n) is 3.81. The van der Waals surface area contributed by atoms with E-state index in [4.69, 9.17) is 4.74 Å². The second-order valence-corrected chi connectivity index (χ2v) is 3.81. The smallest absolute Gasteiger partial charge is 0.119 e. The van der Waals surface area contributed by atoms with Gasteiger partial charge in [-0.25, -0.2) is 4.98 Å². The molecule has 0 bridgehead atoms. The summed E-state index contributed by atoms with van der Waals surface area (Å²) in [6, 6.07) is 7.96. The minimum Gasteiger partial charge on any atom is -0.497 e. The molecule has 2 rings (SSSR count). The number of hydrogen-bond donors (Lipinski definition) is 1. The van der Waals surface area contributed by atoms with E-state index < -0.39 is 0 Å². The number of imidazole rings is 1. The summed E-state index contributed by atoms with van der Waals surface area (Å²) in [4.78, 5) is 4.01. The maximum absolute atomic E-state index is 5.11. The highest BCUT2D eigenvalue weighted by molar-refractivity contribution is 5.46. The molecule has 4 heteroatoms. The van der Waals surface area contributed by atoms with Crippen molar-refractivity contribution in [3.05, 3.63) is 43.0 Å². The van der Waals surface area contributed by atoms with Crippen molar-refractivity contribution in [3.8, 4) is 5.75 Å². The zero-order chi connectivity index (χ0) is 11.9. The molecular formula is C13H17N3O. The maximum atomic E-state index is 5.11. The molecule has 1 aromatic carbocycles. The van der Waals surface area contributed by atoms with Crippen molar-refractivity contribution in [2.75, 3.05) is 19.0 Å². The SMILES string of the molecule is COc1ccc(NCCCn2ccnc2)cc1. The van der Waals surface area contributed by atoms with Crippen LogP contribution in [0.2, 0.25) is 0 Å². The summed E-state index contributed by atoms with van der Waals surface area (Å²) in [5.41, 5.74) is 1.12. The van der Waals surface area contributed by atoms with Crippen LogP contribution < -0.4 is 10.1 Å². The van der Waals surface area contributed by atoms with Gasteiger partial charge in [0.2, 0.25) is 0 Å². The fourth-order valence-corrected chi connectivity index (χ4v) is 1.62. The lowest BCUT2D eigenvalue weighted by atomic mass is 10.3. The van der Waals surface area contributed by atoms with Gasteiger partial charge in [0.05, 0.1) is 13.4 Å². The number of methoxy groups -OCH3 is 1. The van der Waals surface area contributed by atoms with Crippen molar-refractivity contribution in [2.24, 2.45) is 0 Å². The first-order valence-electron chi connectivity index (χ1n) is 5.72. The van der Waals surface area contributed by atoms with Gasteiger partial charge >= 0.3 is 0 Å². The predicted octanol–water partition coefficient (Wildman–Crippen LogP) is 2.39. The quantitative estimate of drug-likeness (QED) is 0.776. The zero-order valence-electron chi connectivity index (χ0n) is 9.97. The summed E-state index contributed by atoms with van der Waals surface area (Å²) < 4.78 is 7.18. The van der Waals surface area contributed by atoms with Crippen LogP contribution in [0.3, 0.4) is 0 Å². The van der Waals surface area contributed by atoms with E-state index >= 15 is 0 Å². The molecule has 2 aromatic rings. The number of aromatic nitrogens is 2. The van der Waals surface area contributed by atoms with Gasteiger partial charge in [0, 0.05) is 31.2 Å². The minimum absolute atomic E-state index is 0.883. The number of aryl methyl sites for hydroxylation is 1. The number of benzene rings is 1. The van der Waals surface area contributed by atoms with Gasteiger partial charge < -0.3 is 14.6 Å². The van der Waals surface area contributed by atoms with Crippen molar-refractivity contribution in [1.29, 1.82) is 0 Å². The van der Waals surface area contributed by atoms with Crippen LogP contribution in [0.5, 0.6) is 5.75 Å². The average molecular weight is 231 g/mol. The Bertz CT molecular complexity index is 422. The van der Waals surface area contributed by atoms with E-state index in [1.54, 1.807) is 13.3 Å². The predicted molar refractivity (Wildman–Crippen MR) is 68.3 cm³/mol. The normalized spacial score (nSPS) is 10.2. The highest BCUT2D eigenvalue weighted by Gasteiger charge is 1.94. The summed E-state index contributed by atoms with van der Waals surface area (Å²) in [6.45, 7) is 1.94. The lowest BCUT2D eigenvalue weighted by Crippen LogP contribution is -2.05. The fourth-order valence-electron chi connectivity index (χ4n) is 1.62. The Morgan fingerprint density at radius 2 is 2.12 bits per heavy atom. The first-order chi connectivity index (χ1) is 8.38. The summed E-state index contributed by atoms with van der Waals surface area (Å²) in [6.07, 6.45) is 6.69. The molecule has 1 N–H and O–H groups in total. The standard InChI is InChI=1S/C13H17N3O/c1-17-13-5-3-12(4-6-13)15-7-2-9-16-10-8-14-11-16/h3-6,8,10-11,15H,2,7,9H2,1H3. The van der Waals surface area contributed by atoms with Gasteiger partial charge in [0.15, 0.2) is 0 Å². The molecule has 0 amide bonds. The Balaban J connectivity index is 1.70. The van der Waals surface area contributed by atoms with Crippen LogP contribution in [-0.4, -0.2) is 23.2 Å². The van der Waals surface area contributed by atoms with Gasteiger partial charge in [-0.2, -0.15) is 0 Å². The van der Waals surface area contributed by atoms with E-state index in [0.29, 0.717) is 0 Å². The van der Waals surface area contributed by atoms with Crippen LogP contribution in [0, 0.1) is 0 Å². The average Bonchev–Trinajstić information content (AvgIpc) is 2.88. The topological polar surface area (TPSA) is 39.1 Å². The number of rotatable bonds is 6. The summed E-state index contributed by atoms with van der Waals surface area (Å²) in [5.74, 6) is 0.883. The zero-order valence-corrected chi connectivity index (χ0v) is 9.97. The van der Waals surface area contributed by atoms with Crippen LogP contribution in [0.25, 0.3) is 0 Å². The van der Waals surface area contributed by atoms with Crippen LogP contribution in [0.15, 0.2) is 43.0 Å². The van der Waals surface area contributed by atoms with Crippen molar-refractivity contribution in [3.63, 3.8) is 0 Å². The molecule has 0 atom stereocenters. The van der Waals surface area contributed by atoms with Gasteiger partial charge in [0.1, 0.15) is 5.75 Å². The van der Waals surface area contributed by atoms with E-state index in [0.717, 1.165) is 30.9 Å². The molecule has 1 heterocycles. The lowest BCUT2D eigenvalue weighted by molar-refractivity contribution is 0.415. The van der Waals surface area contributed by atoms with Crippen molar-refractivity contribution in [2.45, 2.75) is 13.0 Å². The van der Waals surface area contributed by atoms with Gasteiger partial charge in [-0.3, -0.25) is 0 Å². The van der Waals surface area contributed by atoms with Gasteiger partial charge in [-0.15, -0.1) is 0 Å². The highest BCUT2D eigenvalue weighted by Crippen LogP contribution is 2.14. The molecule has 1 aromatic heterocycles. The third-order valence-corrected chi connectivity index (χ3v) is 2.57. The van der Waals surface area contributed by atoms with E-state index in [1.165, 1.54) is 0 Å². The molecule has 0 aliphatic carbocycles. The monoisotopic (exact) mass is 231 g/mol. The fraction of sp³-hybridized carbons (Fsp3) is 0.308. The highest BCUT2D eigenvalue weighted by atomic mass is 16.5. The molecule has 0 saturated carbocycles. The van der Waals surface area contributed by atoms with Gasteiger partial charge in [-0.05, 0) is 30.7 Å². The van der Waals surface area contributed by atoms with Crippen molar-refractivity contribution < 1.29 is 4.74 Å². The van der Waals surface area contributed by atoms with Crippen LogP contribution in [0.4, 0.5) is 5.69 Å². The minimum atomic E-state index is 0.883. The maximum Gasteiger partial charge on any atom is 0.119 e. The third kappa shape index (κ3) is 3.52. The van der Waals surface area contributed by atoms with Crippen molar-refractivity contribution in [1.82, 2.24) is 9.55 Å². The van der Waals surface area contributed by atoms with E-state index in [1.807, 2.05) is 36.8 Å². The van der Waals surface area contributed by atoms with Gasteiger partial charge in [-0.1, -0.05) is 0 Å². The van der Waals surface area contributed by atoms with E-state index in [-0.39, 0.29) is 0 Å². The van der Waals surface area contributed by atoms with Crippen molar-refractivity contribution >= 4 is 5.69 Å². The number of hydrogen-bond acceptors (Lipinski definition) is 3. The first kappa shape index (κ1) is 11.5. The molecule has 0 fully saturated rings. The summed E-state index contributed by atoms with van der Waals surface area (Å²) >= 11 is 0. The summed E-state index contributed by atoms with van der Waals surface area (Å²) in [5, 5.41) is 3.37. The lowest BCUT2D eigenvalue weighted by Gasteiger charge is -2.07. The van der Waals surface area contributed by atoms with Crippen LogP contribution >= 0.6 is 0 Å². The number of nitrogens with one attached hydrogen (secondary N) is 1. The summed E-state index contributed by atoms with van der Waals surface area (Å²) in [7, 11) is 1.67. The van der Waals surface area contributed by atoms with E-state index in [2.05, 4.69) is 14.9 Å². The molecule has 4 nitrogen and oxygen atoms in total. The Morgan fingerprint density at radius 3 is 2.76 bits per heavy atom. The molecule has 0 radical (unpaired) electrons. The third-order valence-electron chi connectivity index (χ3n) is 2.57. The van der Waals surface area contributed by atoms with Crippen LogP contribution in [-0.2, 0) is 6.54 Å². The number of ether oxygens (including phenoxy) is 1. The molecule has 0 aliphatic heterocycles. The molecule has 17 heavy (non-hydrogen) atoms. The van der Waals surface area contributed by atoms with Gasteiger partial charge in [0.25, 0.3) is 0 Å². The Hall–Kier alpha value is -1.97. The molecule has 0 unspecified atom stereocenters. The molecular weight excluding hydrogens is 214 g/mol. The Morgan fingerprint density at radius 1 is 1.29 bits per heavy atom. The Kier molecular flexibility index (Phi) is 4.02. The largest absolute Gasteiger partial charge is 0.497 e. The molecule has 0 spiro atoms. The number of anilines is 1. The second kappa shape index (κ2) is 5.94. The Labute approximate surface area is 101 Å². The number of nitrogens with zero attached hydrogens (tertiary/aromatic N) is 2.